The van der Waals surface area contributed by atoms with Crippen LogP contribution >= 0.6 is 0 Å². The number of aromatic nitrogens is 1. The minimum absolute atomic E-state index is 0.153. The maximum atomic E-state index is 3.66. The molecule has 0 aliphatic carbocycles. The van der Waals surface area contributed by atoms with Gasteiger partial charge < -0.3 is 10.3 Å². The predicted octanol–water partition coefficient (Wildman–Crippen LogP) is -1.67. The Morgan fingerprint density at radius 2 is 1.89 bits per heavy atom. The number of fused-ring (bicyclic) bond motifs is 1. The normalized spacial score (nSPS) is 15.6. The topological polar surface area (TPSA) is 27.8 Å². The number of nitrogens with one attached hydrogen (secondary N) is 2. The van der Waals surface area contributed by atoms with Crippen molar-refractivity contribution in [1.29, 1.82) is 0 Å². The van der Waals surface area contributed by atoms with E-state index < -0.39 is 0 Å². The van der Waals surface area contributed by atoms with Crippen LogP contribution in [0.4, 0.5) is 0 Å². The first-order chi connectivity index (χ1) is 8.38. The van der Waals surface area contributed by atoms with Crippen molar-refractivity contribution >= 4 is 42.3 Å². The van der Waals surface area contributed by atoms with E-state index in [1.807, 2.05) is 0 Å². The van der Waals surface area contributed by atoms with E-state index >= 15 is 0 Å². The van der Waals surface area contributed by atoms with Crippen LogP contribution in [0.15, 0.2) is 30.5 Å². The fraction of sp³-hybridized carbons (Fsp3) is 0.333. The highest BCUT2D eigenvalue weighted by molar-refractivity contribution is 6.40. The summed E-state index contributed by atoms with van der Waals surface area (Å²) in [6.45, 7) is 2.21. The molecule has 2 rings (SSSR count). The molecule has 90 valence electrons. The summed E-state index contributed by atoms with van der Waals surface area (Å²) in [6, 6.07) is 8.51. The summed E-state index contributed by atoms with van der Waals surface area (Å²) in [7, 11) is 8.98. The van der Waals surface area contributed by atoms with E-state index in [0.717, 1.165) is 0 Å². The lowest BCUT2D eigenvalue weighted by atomic mass is 9.60. The molecule has 0 aliphatic rings. The second kappa shape index (κ2) is 4.93. The Morgan fingerprint density at radius 1 is 1.22 bits per heavy atom. The first-order valence-corrected chi connectivity index (χ1v) is 6.72. The van der Waals surface area contributed by atoms with Crippen molar-refractivity contribution in [3.63, 3.8) is 0 Å². The lowest BCUT2D eigenvalue weighted by Gasteiger charge is -2.30. The summed E-state index contributed by atoms with van der Waals surface area (Å²) in [6.07, 6.45) is 2.15. The van der Waals surface area contributed by atoms with Crippen LogP contribution in [0.5, 0.6) is 0 Å². The van der Waals surface area contributed by atoms with E-state index in [2.05, 4.69) is 79.1 Å². The summed E-state index contributed by atoms with van der Waals surface area (Å²) in [4.78, 5) is 3.36. The molecule has 0 saturated carbocycles. The molecule has 0 bridgehead atoms. The van der Waals surface area contributed by atoms with Gasteiger partial charge in [-0.15, -0.1) is 0 Å². The van der Waals surface area contributed by atoms with Gasteiger partial charge in [-0.2, -0.15) is 0 Å². The Hall–Kier alpha value is -1.02. The molecule has 1 heterocycles. The molecule has 1 aromatic heterocycles. The Kier molecular flexibility index (Phi) is 3.67. The SMILES string of the molecule is BC(NC(B)(B)C)C(B)c1c[nH]c2ccccc12. The van der Waals surface area contributed by atoms with Crippen LogP contribution in [0.3, 0.4) is 0 Å². The van der Waals surface area contributed by atoms with Crippen molar-refractivity contribution in [1.82, 2.24) is 10.3 Å². The maximum absolute atomic E-state index is 3.66. The summed E-state index contributed by atoms with van der Waals surface area (Å²) in [5.41, 5.74) is 2.62. The van der Waals surface area contributed by atoms with Crippen LogP contribution < -0.4 is 5.32 Å². The second-order valence-corrected chi connectivity index (χ2v) is 6.26. The van der Waals surface area contributed by atoms with Crippen LogP contribution in [0.25, 0.3) is 10.9 Å². The predicted molar refractivity (Wildman–Crippen MR) is 90.5 cm³/mol. The van der Waals surface area contributed by atoms with Crippen molar-refractivity contribution in [2.75, 3.05) is 0 Å². The molecule has 2 unspecified atom stereocenters. The number of para-hydroxylation sites is 1. The van der Waals surface area contributed by atoms with Gasteiger partial charge in [0.15, 0.2) is 0 Å². The van der Waals surface area contributed by atoms with Crippen molar-refractivity contribution in [3.05, 3.63) is 36.0 Å². The van der Waals surface area contributed by atoms with E-state index in [1.54, 1.807) is 0 Å². The van der Waals surface area contributed by atoms with Crippen LogP contribution in [0, 0.1) is 0 Å². The highest BCUT2D eigenvalue weighted by Crippen LogP contribution is 2.25. The minimum atomic E-state index is 0.153. The number of rotatable bonds is 4. The van der Waals surface area contributed by atoms with E-state index in [0.29, 0.717) is 11.8 Å². The number of aromatic amines is 1. The lowest BCUT2D eigenvalue weighted by molar-refractivity contribution is 0.576. The lowest BCUT2D eigenvalue weighted by Crippen LogP contribution is -2.51. The fourth-order valence-corrected chi connectivity index (χ4v) is 2.55. The van der Waals surface area contributed by atoms with E-state index in [1.165, 1.54) is 16.5 Å². The number of benzene rings is 1. The Balaban J connectivity index is 2.25. The molecule has 0 fully saturated rings. The van der Waals surface area contributed by atoms with Gasteiger partial charge in [-0.1, -0.05) is 25.1 Å². The molecule has 2 atom stereocenters. The van der Waals surface area contributed by atoms with Crippen LogP contribution in [-0.2, 0) is 0 Å². The van der Waals surface area contributed by atoms with Gasteiger partial charge in [0.25, 0.3) is 0 Å². The monoisotopic (exact) mass is 236 g/mol. The second-order valence-electron chi connectivity index (χ2n) is 6.26. The number of hydrogen-bond donors (Lipinski definition) is 2. The Bertz CT molecular complexity index is 532. The zero-order chi connectivity index (χ0) is 13.3. The summed E-state index contributed by atoms with van der Waals surface area (Å²) >= 11 is 0. The van der Waals surface area contributed by atoms with Gasteiger partial charge in [-0.05, 0) is 28.7 Å². The average molecular weight is 236 g/mol. The quantitative estimate of drug-likeness (QED) is 0.610. The molecule has 18 heavy (non-hydrogen) atoms. The molecular formula is C12H20B4N2. The molecule has 0 aliphatic heterocycles. The fourth-order valence-electron chi connectivity index (χ4n) is 2.55. The molecule has 1 aromatic carbocycles. The molecule has 0 spiro atoms. The summed E-state index contributed by atoms with van der Waals surface area (Å²) < 4.78 is 0. The highest BCUT2D eigenvalue weighted by atomic mass is 14.9. The van der Waals surface area contributed by atoms with Crippen LogP contribution in [0.1, 0.15) is 18.3 Å². The standard InChI is InChI=1S/C12H20B4N2/c1-12(15,16)18-11(14)10(13)8-6-17-9-5-3-2-4-7(8)9/h2-6,10-11,17-18H,13-16H2,1H3. The smallest absolute Gasteiger partial charge is 0.123 e. The number of hydrogen-bond acceptors (Lipinski definition) is 1. The van der Waals surface area contributed by atoms with Crippen LogP contribution in [-0.4, -0.2) is 47.6 Å². The van der Waals surface area contributed by atoms with Gasteiger partial charge in [0, 0.05) is 17.1 Å². The van der Waals surface area contributed by atoms with Gasteiger partial charge in [0.05, 0.1) is 0 Å². The van der Waals surface area contributed by atoms with E-state index in [4.69, 9.17) is 0 Å². The first kappa shape index (κ1) is 13.4. The third kappa shape index (κ3) is 2.86. The molecule has 2 aromatic rings. The Labute approximate surface area is 113 Å². The van der Waals surface area contributed by atoms with E-state index in [-0.39, 0.29) is 5.34 Å². The third-order valence-electron chi connectivity index (χ3n) is 3.52. The average Bonchev–Trinajstić information content (AvgIpc) is 2.69. The molecule has 0 saturated heterocycles. The number of H-pyrrole nitrogens is 1. The first-order valence-electron chi connectivity index (χ1n) is 6.72. The third-order valence-corrected chi connectivity index (χ3v) is 3.52. The zero-order valence-corrected chi connectivity index (χ0v) is 12.0. The van der Waals surface area contributed by atoms with Crippen molar-refractivity contribution in [3.8, 4) is 0 Å². The van der Waals surface area contributed by atoms with Gasteiger partial charge in [0.2, 0.25) is 0 Å². The molecule has 0 amide bonds. The van der Waals surface area contributed by atoms with Gasteiger partial charge in [-0.25, -0.2) is 0 Å². The minimum Gasteiger partial charge on any atom is -0.361 e. The van der Waals surface area contributed by atoms with Crippen molar-refractivity contribution in [2.24, 2.45) is 0 Å². The molecule has 2 N–H and O–H groups in total. The highest BCUT2D eigenvalue weighted by Gasteiger charge is 2.21. The van der Waals surface area contributed by atoms with Gasteiger partial charge >= 0.3 is 0 Å². The van der Waals surface area contributed by atoms with E-state index in [9.17, 15) is 0 Å². The van der Waals surface area contributed by atoms with Gasteiger partial charge in [0.1, 0.15) is 31.4 Å². The van der Waals surface area contributed by atoms with Crippen molar-refractivity contribution in [2.45, 2.75) is 24.0 Å². The summed E-state index contributed by atoms with van der Waals surface area (Å²) in [5.74, 6) is 0.935. The molecule has 2 nitrogen and oxygen atoms in total. The Morgan fingerprint density at radius 3 is 2.56 bits per heavy atom. The van der Waals surface area contributed by atoms with Gasteiger partial charge in [-0.3, -0.25) is 0 Å². The summed E-state index contributed by atoms with van der Waals surface area (Å²) in [5, 5.41) is 5.15. The molecular weight excluding hydrogens is 215 g/mol. The maximum Gasteiger partial charge on any atom is 0.123 e. The largest absolute Gasteiger partial charge is 0.361 e. The molecule has 0 radical (unpaired) electrons. The van der Waals surface area contributed by atoms with Crippen LogP contribution in [0.2, 0.25) is 0 Å². The zero-order valence-electron chi connectivity index (χ0n) is 12.0. The van der Waals surface area contributed by atoms with Crippen molar-refractivity contribution < 1.29 is 0 Å². The molecule has 6 heteroatoms.